The van der Waals surface area contributed by atoms with Gasteiger partial charge in [-0.2, -0.15) is 0 Å². The lowest BCUT2D eigenvalue weighted by molar-refractivity contribution is 0.0180. The van der Waals surface area contributed by atoms with Gasteiger partial charge in [-0.05, 0) is 82.7 Å². The Hall–Kier alpha value is -2.64. The first kappa shape index (κ1) is 27.4. The van der Waals surface area contributed by atoms with E-state index in [4.69, 9.17) is 38.1 Å². The number of hydrogen-bond acceptors (Lipinski definition) is 4. The molecule has 0 unspecified atom stereocenters. The van der Waals surface area contributed by atoms with Gasteiger partial charge in [-0.15, -0.1) is 0 Å². The molecule has 1 saturated heterocycles. The fourth-order valence-corrected chi connectivity index (χ4v) is 5.25. The molecule has 1 N–H and O–H groups in total. The molecule has 1 amide bonds. The average Bonchev–Trinajstić information content (AvgIpc) is 3.11. The van der Waals surface area contributed by atoms with Gasteiger partial charge in [0.2, 0.25) is 5.62 Å². The van der Waals surface area contributed by atoms with Crippen LogP contribution in [0.2, 0.25) is 10.0 Å². The second-order valence-electron chi connectivity index (χ2n) is 10.6. The third-order valence-electron chi connectivity index (χ3n) is 6.68. The molecule has 2 heterocycles. The standard InChI is InChI=1S/C28H36Cl2N4O3/c1-28(2,3)37-27(35)32-15-11-20(12-16-32)13-17-34-24-8-5-4-7-23(24)33(26(34)31)14-6-18-36-25-10-9-21(29)19-22(25)30/h4-5,7-10,19-20,31H,6,11-18H2,1-3H3. The third-order valence-corrected chi connectivity index (χ3v) is 7.21. The van der Waals surface area contributed by atoms with E-state index >= 15 is 0 Å². The summed E-state index contributed by atoms with van der Waals surface area (Å²) < 4.78 is 15.5. The second kappa shape index (κ2) is 11.8. The highest BCUT2D eigenvalue weighted by molar-refractivity contribution is 6.35. The van der Waals surface area contributed by atoms with Gasteiger partial charge in [-0.1, -0.05) is 35.3 Å². The lowest BCUT2D eigenvalue weighted by Gasteiger charge is -2.33. The normalized spacial score (nSPS) is 14.8. The molecule has 7 nitrogen and oxygen atoms in total. The molecule has 2 aromatic carbocycles. The van der Waals surface area contributed by atoms with Crippen molar-refractivity contribution in [2.24, 2.45) is 5.92 Å². The molecule has 1 aromatic heterocycles. The number of piperidine rings is 1. The van der Waals surface area contributed by atoms with E-state index in [-0.39, 0.29) is 6.09 Å². The third kappa shape index (κ3) is 7.02. The van der Waals surface area contributed by atoms with Crippen molar-refractivity contribution in [3.05, 3.63) is 58.1 Å². The summed E-state index contributed by atoms with van der Waals surface area (Å²) in [6.07, 6.45) is 3.41. The molecular formula is C28H36Cl2N4O3. The van der Waals surface area contributed by atoms with Crippen molar-refractivity contribution in [3.63, 3.8) is 0 Å². The number of nitrogens with one attached hydrogen (secondary N) is 1. The zero-order valence-corrected chi connectivity index (χ0v) is 23.3. The van der Waals surface area contributed by atoms with Gasteiger partial charge in [0, 0.05) is 31.2 Å². The van der Waals surface area contributed by atoms with Gasteiger partial charge in [0.15, 0.2) is 0 Å². The second-order valence-corrected chi connectivity index (χ2v) is 11.4. The summed E-state index contributed by atoms with van der Waals surface area (Å²) in [4.78, 5) is 14.2. The SMILES string of the molecule is CC(C)(C)OC(=O)N1CCC(CCn2c(=N)n(CCCOc3ccc(Cl)cc3Cl)c3ccccc32)CC1. The minimum atomic E-state index is -0.474. The monoisotopic (exact) mass is 546 g/mol. The summed E-state index contributed by atoms with van der Waals surface area (Å²) in [5.74, 6) is 1.13. The van der Waals surface area contributed by atoms with Crippen LogP contribution in [0.15, 0.2) is 42.5 Å². The van der Waals surface area contributed by atoms with Gasteiger partial charge >= 0.3 is 6.09 Å². The van der Waals surface area contributed by atoms with Crippen molar-refractivity contribution in [2.45, 2.75) is 65.1 Å². The van der Waals surface area contributed by atoms with Crippen LogP contribution in [0.1, 0.15) is 46.5 Å². The number of benzene rings is 2. The predicted molar refractivity (Wildman–Crippen MR) is 148 cm³/mol. The number of amides is 1. The number of imidazole rings is 1. The minimum Gasteiger partial charge on any atom is -0.492 e. The van der Waals surface area contributed by atoms with Gasteiger partial charge in [-0.25, -0.2) is 4.79 Å². The van der Waals surface area contributed by atoms with Crippen LogP contribution in [0.5, 0.6) is 5.75 Å². The topological polar surface area (TPSA) is 72.5 Å². The quantitative estimate of drug-likeness (QED) is 0.318. The number of hydrogen-bond donors (Lipinski definition) is 1. The molecule has 0 saturated carbocycles. The van der Waals surface area contributed by atoms with Crippen molar-refractivity contribution in [3.8, 4) is 5.75 Å². The summed E-state index contributed by atoms with van der Waals surface area (Å²) in [5.41, 5.74) is 2.15. The van der Waals surface area contributed by atoms with Crippen molar-refractivity contribution in [1.29, 1.82) is 5.41 Å². The Morgan fingerprint density at radius 3 is 2.30 bits per heavy atom. The number of fused-ring (bicyclic) bond motifs is 1. The molecule has 200 valence electrons. The maximum Gasteiger partial charge on any atom is 0.410 e. The van der Waals surface area contributed by atoms with Gasteiger partial charge in [0.25, 0.3) is 0 Å². The van der Waals surface area contributed by atoms with E-state index < -0.39 is 5.60 Å². The van der Waals surface area contributed by atoms with Crippen molar-refractivity contribution in [2.75, 3.05) is 19.7 Å². The lowest BCUT2D eigenvalue weighted by atomic mass is 9.94. The Balaban J connectivity index is 1.34. The first-order valence-corrected chi connectivity index (χ1v) is 13.7. The first-order chi connectivity index (χ1) is 17.6. The first-order valence-electron chi connectivity index (χ1n) is 12.9. The number of aromatic nitrogens is 2. The summed E-state index contributed by atoms with van der Waals surface area (Å²) in [6.45, 7) is 9.06. The average molecular weight is 548 g/mol. The Kier molecular flexibility index (Phi) is 8.75. The van der Waals surface area contributed by atoms with Crippen molar-refractivity contribution in [1.82, 2.24) is 14.0 Å². The maximum atomic E-state index is 12.4. The molecular weight excluding hydrogens is 511 g/mol. The maximum absolute atomic E-state index is 12.4. The summed E-state index contributed by atoms with van der Waals surface area (Å²) >= 11 is 12.2. The van der Waals surface area contributed by atoms with Crippen molar-refractivity contribution < 1.29 is 14.3 Å². The zero-order valence-electron chi connectivity index (χ0n) is 21.8. The van der Waals surface area contributed by atoms with E-state index in [1.807, 2.05) is 42.4 Å². The molecule has 0 radical (unpaired) electrons. The number of halogens is 2. The van der Waals surface area contributed by atoms with Crippen LogP contribution in [-0.2, 0) is 17.8 Å². The van der Waals surface area contributed by atoms with E-state index in [1.165, 1.54) is 0 Å². The molecule has 0 spiro atoms. The fraction of sp³-hybridized carbons (Fsp3) is 0.500. The minimum absolute atomic E-state index is 0.223. The van der Waals surface area contributed by atoms with E-state index in [2.05, 4.69) is 16.7 Å². The Morgan fingerprint density at radius 2 is 1.68 bits per heavy atom. The summed E-state index contributed by atoms with van der Waals surface area (Å²) in [5, 5.41) is 9.97. The van der Waals surface area contributed by atoms with E-state index in [1.54, 1.807) is 18.2 Å². The number of nitrogens with zero attached hydrogens (tertiary/aromatic N) is 3. The van der Waals surface area contributed by atoms with Crippen LogP contribution in [-0.4, -0.2) is 45.4 Å². The molecule has 0 atom stereocenters. The summed E-state index contributed by atoms with van der Waals surface area (Å²) in [7, 11) is 0. The number of carbonyl (C=O) groups excluding carboxylic acids is 1. The van der Waals surface area contributed by atoms with Crippen LogP contribution in [0.3, 0.4) is 0 Å². The number of rotatable bonds is 8. The highest BCUT2D eigenvalue weighted by atomic mass is 35.5. The van der Waals surface area contributed by atoms with Crippen LogP contribution >= 0.6 is 23.2 Å². The highest BCUT2D eigenvalue weighted by Crippen LogP contribution is 2.28. The fourth-order valence-electron chi connectivity index (χ4n) is 4.79. The highest BCUT2D eigenvalue weighted by Gasteiger charge is 2.27. The molecule has 0 aliphatic carbocycles. The molecule has 3 aromatic rings. The lowest BCUT2D eigenvalue weighted by Crippen LogP contribution is -2.42. The number of aryl methyl sites for hydroxylation is 2. The van der Waals surface area contributed by atoms with Crippen LogP contribution in [0, 0.1) is 11.3 Å². The Bertz CT molecular complexity index is 1290. The summed E-state index contributed by atoms with van der Waals surface area (Å²) in [6, 6.07) is 13.4. The van der Waals surface area contributed by atoms with Gasteiger partial charge < -0.3 is 23.5 Å². The molecule has 4 rings (SSSR count). The predicted octanol–water partition coefficient (Wildman–Crippen LogP) is 6.74. The molecule has 1 fully saturated rings. The van der Waals surface area contributed by atoms with Gasteiger partial charge in [0.1, 0.15) is 11.4 Å². The molecule has 0 bridgehead atoms. The molecule has 1 aliphatic rings. The smallest absolute Gasteiger partial charge is 0.410 e. The molecule has 37 heavy (non-hydrogen) atoms. The zero-order chi connectivity index (χ0) is 26.6. The Labute approximate surface area is 228 Å². The molecule has 9 heteroatoms. The van der Waals surface area contributed by atoms with Gasteiger partial charge in [-0.3, -0.25) is 5.41 Å². The van der Waals surface area contributed by atoms with E-state index in [0.29, 0.717) is 40.5 Å². The number of para-hydroxylation sites is 2. The van der Waals surface area contributed by atoms with Crippen molar-refractivity contribution >= 4 is 40.3 Å². The van der Waals surface area contributed by atoms with Crippen LogP contribution in [0.25, 0.3) is 11.0 Å². The largest absolute Gasteiger partial charge is 0.492 e. The number of likely N-dealkylation sites (tertiary alicyclic amines) is 1. The van der Waals surface area contributed by atoms with Crippen LogP contribution < -0.4 is 10.4 Å². The van der Waals surface area contributed by atoms with E-state index in [9.17, 15) is 4.79 Å². The van der Waals surface area contributed by atoms with Gasteiger partial charge in [0.05, 0.1) is 22.7 Å². The van der Waals surface area contributed by atoms with E-state index in [0.717, 1.165) is 56.4 Å². The number of carbonyl (C=O) groups is 1. The van der Waals surface area contributed by atoms with Crippen LogP contribution in [0.4, 0.5) is 4.79 Å². The Morgan fingerprint density at radius 1 is 1.03 bits per heavy atom. The number of ether oxygens (including phenoxy) is 2. The molecule has 1 aliphatic heterocycles.